The van der Waals surface area contributed by atoms with Gasteiger partial charge in [0.25, 0.3) is 0 Å². The monoisotopic (exact) mass is 582 g/mol. The standard InChI is InChI=1S/C34H28Cl2N2O3/c1-3-41-29-16-13-26(14-17-29)25-9-4-23(5-10-25)8-19-33-37-32(30-18-15-28(35)20-31(30)36)22-38(33)21-24-6-11-27(12-7-24)34(39)40-2/h4-20,22H,3,21H2,1-2H3/b19-8+. The second-order valence-electron chi connectivity index (χ2n) is 9.34. The van der Waals surface area contributed by atoms with Gasteiger partial charge in [-0.15, -0.1) is 0 Å². The molecule has 4 aromatic carbocycles. The third kappa shape index (κ3) is 6.88. The lowest BCUT2D eigenvalue weighted by Gasteiger charge is -2.07. The van der Waals surface area contributed by atoms with Crippen molar-refractivity contribution in [1.82, 2.24) is 9.55 Å². The molecular weight excluding hydrogens is 555 g/mol. The van der Waals surface area contributed by atoms with Gasteiger partial charge in [-0.25, -0.2) is 9.78 Å². The molecule has 0 radical (unpaired) electrons. The number of ether oxygens (including phenoxy) is 2. The molecule has 0 aliphatic carbocycles. The molecule has 0 spiro atoms. The van der Waals surface area contributed by atoms with Crippen LogP contribution in [0.4, 0.5) is 0 Å². The van der Waals surface area contributed by atoms with E-state index in [4.69, 9.17) is 37.7 Å². The Balaban J connectivity index is 1.41. The van der Waals surface area contributed by atoms with Gasteiger partial charge in [0, 0.05) is 23.3 Å². The first-order chi connectivity index (χ1) is 19.9. The number of hydrogen-bond donors (Lipinski definition) is 0. The third-order valence-corrected chi connectivity index (χ3v) is 7.12. The molecule has 41 heavy (non-hydrogen) atoms. The molecule has 5 aromatic rings. The van der Waals surface area contributed by atoms with Gasteiger partial charge in [-0.2, -0.15) is 0 Å². The number of rotatable bonds is 9. The number of carbonyl (C=O) groups excluding carboxylic acids is 1. The number of nitrogens with zero attached hydrogens (tertiary/aromatic N) is 2. The third-order valence-electron chi connectivity index (χ3n) is 6.58. The van der Waals surface area contributed by atoms with Crippen molar-refractivity contribution in [2.45, 2.75) is 13.5 Å². The van der Waals surface area contributed by atoms with Crippen molar-refractivity contribution in [3.05, 3.63) is 130 Å². The fraction of sp³-hybridized carbons (Fsp3) is 0.118. The van der Waals surface area contributed by atoms with Gasteiger partial charge in [0.15, 0.2) is 0 Å². The van der Waals surface area contributed by atoms with Gasteiger partial charge in [0.1, 0.15) is 11.6 Å². The minimum absolute atomic E-state index is 0.365. The lowest BCUT2D eigenvalue weighted by Crippen LogP contribution is -2.03. The smallest absolute Gasteiger partial charge is 0.337 e. The van der Waals surface area contributed by atoms with Crippen molar-refractivity contribution in [3.63, 3.8) is 0 Å². The van der Waals surface area contributed by atoms with E-state index in [1.54, 1.807) is 24.3 Å². The summed E-state index contributed by atoms with van der Waals surface area (Å²) in [6, 6.07) is 29.2. The van der Waals surface area contributed by atoms with Crippen LogP contribution in [0.1, 0.15) is 34.2 Å². The SMILES string of the molecule is CCOc1ccc(-c2ccc(/C=C/c3nc(-c4ccc(Cl)cc4Cl)cn3Cc3ccc(C(=O)OC)cc3)cc2)cc1. The molecule has 0 bridgehead atoms. The van der Waals surface area contributed by atoms with Crippen LogP contribution < -0.4 is 4.74 Å². The summed E-state index contributed by atoms with van der Waals surface area (Å²) >= 11 is 12.6. The maximum absolute atomic E-state index is 11.8. The van der Waals surface area contributed by atoms with Crippen molar-refractivity contribution in [3.8, 4) is 28.1 Å². The van der Waals surface area contributed by atoms with Crippen molar-refractivity contribution in [1.29, 1.82) is 0 Å². The molecule has 0 saturated heterocycles. The van der Waals surface area contributed by atoms with Gasteiger partial charge < -0.3 is 14.0 Å². The van der Waals surface area contributed by atoms with E-state index >= 15 is 0 Å². The van der Waals surface area contributed by atoms with Crippen LogP contribution in [0.15, 0.2) is 97.2 Å². The molecule has 0 saturated carbocycles. The van der Waals surface area contributed by atoms with E-state index in [-0.39, 0.29) is 5.97 Å². The lowest BCUT2D eigenvalue weighted by molar-refractivity contribution is 0.0600. The Morgan fingerprint density at radius 1 is 0.878 bits per heavy atom. The van der Waals surface area contributed by atoms with Crippen molar-refractivity contribution in [2.24, 2.45) is 0 Å². The van der Waals surface area contributed by atoms with Gasteiger partial charge >= 0.3 is 5.97 Å². The molecule has 0 aliphatic rings. The summed E-state index contributed by atoms with van der Waals surface area (Å²) in [5.41, 5.74) is 6.35. The Hall–Kier alpha value is -4.32. The van der Waals surface area contributed by atoms with Crippen LogP contribution in [0.25, 0.3) is 34.5 Å². The molecule has 0 fully saturated rings. The van der Waals surface area contributed by atoms with Crippen molar-refractivity contribution >= 4 is 41.3 Å². The first-order valence-corrected chi connectivity index (χ1v) is 13.9. The molecule has 0 unspecified atom stereocenters. The number of esters is 1. The number of imidazole rings is 1. The normalized spacial score (nSPS) is 11.1. The molecule has 0 atom stereocenters. The van der Waals surface area contributed by atoms with E-state index in [1.165, 1.54) is 7.11 Å². The predicted octanol–water partition coefficient (Wildman–Crippen LogP) is 8.93. The van der Waals surface area contributed by atoms with Crippen molar-refractivity contribution < 1.29 is 14.3 Å². The van der Waals surface area contributed by atoms with Crippen LogP contribution in [-0.2, 0) is 11.3 Å². The molecule has 0 amide bonds. The maximum Gasteiger partial charge on any atom is 0.337 e. The summed E-state index contributed by atoms with van der Waals surface area (Å²) in [5.74, 6) is 1.26. The molecule has 7 heteroatoms. The molecule has 5 nitrogen and oxygen atoms in total. The average Bonchev–Trinajstić information content (AvgIpc) is 3.38. The van der Waals surface area contributed by atoms with E-state index in [2.05, 4.69) is 41.0 Å². The Bertz CT molecular complexity index is 1670. The van der Waals surface area contributed by atoms with Gasteiger partial charge in [-0.1, -0.05) is 77.8 Å². The Kier molecular flexibility index (Phi) is 8.88. The summed E-state index contributed by atoms with van der Waals surface area (Å²) < 4.78 is 12.4. The van der Waals surface area contributed by atoms with Crippen molar-refractivity contribution in [2.75, 3.05) is 13.7 Å². The first-order valence-electron chi connectivity index (χ1n) is 13.1. The molecule has 206 valence electrons. The predicted molar refractivity (Wildman–Crippen MR) is 167 cm³/mol. The van der Waals surface area contributed by atoms with Gasteiger partial charge in [0.05, 0.1) is 30.0 Å². The lowest BCUT2D eigenvalue weighted by atomic mass is 10.0. The van der Waals surface area contributed by atoms with E-state index < -0.39 is 0 Å². The Labute approximate surface area is 249 Å². The van der Waals surface area contributed by atoms with Gasteiger partial charge in [-0.05, 0) is 77.7 Å². The highest BCUT2D eigenvalue weighted by atomic mass is 35.5. The average molecular weight is 584 g/mol. The largest absolute Gasteiger partial charge is 0.494 e. The van der Waals surface area contributed by atoms with E-state index in [9.17, 15) is 4.79 Å². The van der Waals surface area contributed by atoms with Crippen LogP contribution in [-0.4, -0.2) is 29.2 Å². The minimum atomic E-state index is -0.365. The molecule has 5 rings (SSSR count). The van der Waals surface area contributed by atoms with E-state index in [0.29, 0.717) is 28.8 Å². The number of benzene rings is 4. The number of aromatic nitrogens is 2. The summed E-state index contributed by atoms with van der Waals surface area (Å²) in [4.78, 5) is 16.7. The molecule has 1 heterocycles. The number of halogens is 2. The molecular formula is C34H28Cl2N2O3. The minimum Gasteiger partial charge on any atom is -0.494 e. The van der Waals surface area contributed by atoms with Crippen LogP contribution in [0.3, 0.4) is 0 Å². The zero-order valence-corrected chi connectivity index (χ0v) is 24.2. The quantitative estimate of drug-likeness (QED) is 0.163. The molecule has 0 N–H and O–H groups in total. The number of hydrogen-bond acceptors (Lipinski definition) is 4. The first kappa shape index (κ1) is 28.2. The van der Waals surface area contributed by atoms with Crippen LogP contribution >= 0.6 is 23.2 Å². The highest BCUT2D eigenvalue weighted by Crippen LogP contribution is 2.31. The highest BCUT2D eigenvalue weighted by Gasteiger charge is 2.13. The van der Waals surface area contributed by atoms with E-state index in [0.717, 1.165) is 45.1 Å². The summed E-state index contributed by atoms with van der Waals surface area (Å²) in [6.45, 7) is 3.18. The Morgan fingerprint density at radius 2 is 1.56 bits per heavy atom. The second kappa shape index (κ2) is 12.9. The summed E-state index contributed by atoms with van der Waals surface area (Å²) in [6.07, 6.45) is 5.99. The zero-order chi connectivity index (χ0) is 28.8. The summed E-state index contributed by atoms with van der Waals surface area (Å²) in [7, 11) is 1.37. The molecule has 1 aromatic heterocycles. The fourth-order valence-electron chi connectivity index (χ4n) is 4.45. The number of carbonyl (C=O) groups is 1. The van der Waals surface area contributed by atoms with Crippen LogP contribution in [0.2, 0.25) is 10.0 Å². The van der Waals surface area contributed by atoms with E-state index in [1.807, 2.05) is 55.6 Å². The van der Waals surface area contributed by atoms with Gasteiger partial charge in [-0.3, -0.25) is 0 Å². The second-order valence-corrected chi connectivity index (χ2v) is 10.2. The maximum atomic E-state index is 11.8. The van der Waals surface area contributed by atoms with Gasteiger partial charge in [0.2, 0.25) is 0 Å². The highest BCUT2D eigenvalue weighted by molar-refractivity contribution is 6.36. The number of methoxy groups -OCH3 is 1. The summed E-state index contributed by atoms with van der Waals surface area (Å²) in [5, 5.41) is 1.10. The van der Waals surface area contributed by atoms with Crippen LogP contribution in [0, 0.1) is 0 Å². The zero-order valence-electron chi connectivity index (χ0n) is 22.7. The van der Waals surface area contributed by atoms with Crippen LogP contribution in [0.5, 0.6) is 5.75 Å². The molecule has 0 aliphatic heterocycles. The Morgan fingerprint density at radius 3 is 2.20 bits per heavy atom. The fourth-order valence-corrected chi connectivity index (χ4v) is 4.95. The topological polar surface area (TPSA) is 53.4 Å².